The smallest absolute Gasteiger partial charge is 0.298 e. The first-order chi connectivity index (χ1) is 12.7. The zero-order chi connectivity index (χ0) is 17.9. The molecular formula is C20H20N4O2. The minimum Gasteiger partial charge on any atom is -0.347 e. The summed E-state index contributed by atoms with van der Waals surface area (Å²) in [5, 5.41) is 9.71. The first-order valence-electron chi connectivity index (χ1n) is 8.89. The van der Waals surface area contributed by atoms with E-state index in [4.69, 9.17) is 0 Å². The summed E-state index contributed by atoms with van der Waals surface area (Å²) in [6.07, 6.45) is 6.53. The van der Waals surface area contributed by atoms with Gasteiger partial charge in [0.2, 0.25) is 0 Å². The van der Waals surface area contributed by atoms with E-state index >= 15 is 0 Å². The highest BCUT2D eigenvalue weighted by Crippen LogP contribution is 2.27. The third kappa shape index (κ3) is 3.77. The fraction of sp³-hybridized carbons (Fsp3) is 0.350. The summed E-state index contributed by atoms with van der Waals surface area (Å²) in [4.78, 5) is 26.2. The van der Waals surface area contributed by atoms with Crippen LogP contribution in [-0.4, -0.2) is 46.0 Å². The van der Waals surface area contributed by atoms with Crippen molar-refractivity contribution in [1.29, 1.82) is 0 Å². The normalized spacial score (nSPS) is 18.9. The number of hydrogen-bond donors (Lipinski definition) is 2. The van der Waals surface area contributed by atoms with Gasteiger partial charge in [-0.25, -0.2) is 0 Å². The Labute approximate surface area is 152 Å². The third-order valence-corrected chi connectivity index (χ3v) is 4.75. The molecular weight excluding hydrogens is 328 g/mol. The Morgan fingerprint density at radius 3 is 2.65 bits per heavy atom. The van der Waals surface area contributed by atoms with Gasteiger partial charge in [0.15, 0.2) is 0 Å². The van der Waals surface area contributed by atoms with Crippen LogP contribution in [0.2, 0.25) is 0 Å². The molecule has 1 aliphatic carbocycles. The number of hydrogen-bond acceptors (Lipinski definition) is 3. The molecule has 6 heteroatoms. The monoisotopic (exact) mass is 348 g/mol. The van der Waals surface area contributed by atoms with E-state index in [1.807, 2.05) is 18.3 Å². The molecule has 6 nitrogen and oxygen atoms in total. The number of aromatic nitrogens is 2. The molecule has 1 aromatic heterocycles. The minimum atomic E-state index is -0.127. The van der Waals surface area contributed by atoms with Crippen LogP contribution in [0.25, 0.3) is 11.1 Å². The summed E-state index contributed by atoms with van der Waals surface area (Å²) in [6.45, 7) is 1.17. The van der Waals surface area contributed by atoms with Crippen LogP contribution in [0.4, 0.5) is 0 Å². The van der Waals surface area contributed by atoms with Crippen LogP contribution in [0.15, 0.2) is 36.7 Å². The second-order valence-corrected chi connectivity index (χ2v) is 6.82. The minimum absolute atomic E-state index is 0.0253. The fourth-order valence-electron chi connectivity index (χ4n) is 3.02. The van der Waals surface area contributed by atoms with Crippen LogP contribution in [0, 0.1) is 17.8 Å². The van der Waals surface area contributed by atoms with Gasteiger partial charge in [0.25, 0.3) is 11.8 Å². The van der Waals surface area contributed by atoms with Crippen molar-refractivity contribution in [2.45, 2.75) is 25.3 Å². The quantitative estimate of drug-likeness (QED) is 0.831. The van der Waals surface area contributed by atoms with Crippen molar-refractivity contribution in [3.63, 3.8) is 0 Å². The number of H-pyrrole nitrogens is 1. The number of nitrogens with one attached hydrogen (secondary N) is 2. The number of likely N-dealkylation sites (tertiary alicyclic amines) is 1. The lowest BCUT2D eigenvalue weighted by molar-refractivity contribution is -0.124. The zero-order valence-corrected chi connectivity index (χ0v) is 14.4. The molecule has 132 valence electrons. The highest BCUT2D eigenvalue weighted by Gasteiger charge is 2.27. The Hall–Kier alpha value is -3.07. The summed E-state index contributed by atoms with van der Waals surface area (Å²) in [7, 11) is 0. The number of benzene rings is 1. The standard InChI is InChI=1S/C20H20N4O2/c25-19(8-3-14-1-2-14)24-10-9-18(13-24)23-20(26)16-6-4-15(5-7-16)17-11-21-22-12-17/h4-7,11-12,14,18H,1-2,9-10,13H2,(H,21,22)(H,23,26)/t18-/m0/s1. The molecule has 2 aromatic rings. The van der Waals surface area contributed by atoms with E-state index in [2.05, 4.69) is 27.4 Å². The molecule has 2 heterocycles. The van der Waals surface area contributed by atoms with E-state index in [1.54, 1.807) is 23.2 Å². The van der Waals surface area contributed by atoms with Crippen molar-refractivity contribution in [2.24, 2.45) is 5.92 Å². The Morgan fingerprint density at radius 2 is 1.96 bits per heavy atom. The molecule has 0 radical (unpaired) electrons. The van der Waals surface area contributed by atoms with Crippen molar-refractivity contribution in [3.8, 4) is 23.0 Å². The maximum absolute atomic E-state index is 12.4. The number of amides is 2. The summed E-state index contributed by atoms with van der Waals surface area (Å²) >= 11 is 0. The summed E-state index contributed by atoms with van der Waals surface area (Å²) in [5.74, 6) is 5.90. The second-order valence-electron chi connectivity index (χ2n) is 6.82. The van der Waals surface area contributed by atoms with Gasteiger partial charge >= 0.3 is 0 Å². The fourth-order valence-corrected chi connectivity index (χ4v) is 3.02. The average Bonchev–Trinajstić information content (AvgIpc) is 3.12. The molecule has 1 atom stereocenters. The summed E-state index contributed by atoms with van der Waals surface area (Å²) in [5.41, 5.74) is 2.59. The van der Waals surface area contributed by atoms with Crippen molar-refractivity contribution in [2.75, 3.05) is 13.1 Å². The second kappa shape index (κ2) is 7.04. The SMILES string of the molecule is O=C(N[C@H]1CCN(C(=O)C#CC2CC2)C1)c1ccc(-c2cn[nH]c2)cc1. The molecule has 1 aromatic carbocycles. The van der Waals surface area contributed by atoms with Gasteiger partial charge in [-0.3, -0.25) is 14.7 Å². The summed E-state index contributed by atoms with van der Waals surface area (Å²) in [6, 6.07) is 7.38. The molecule has 1 saturated carbocycles. The van der Waals surface area contributed by atoms with Gasteiger partial charge in [0, 0.05) is 42.4 Å². The first-order valence-corrected chi connectivity index (χ1v) is 8.89. The van der Waals surface area contributed by atoms with Crippen LogP contribution in [-0.2, 0) is 4.79 Å². The van der Waals surface area contributed by atoms with Crippen LogP contribution in [0.3, 0.4) is 0 Å². The van der Waals surface area contributed by atoms with Gasteiger partial charge in [0.1, 0.15) is 0 Å². The van der Waals surface area contributed by atoms with Gasteiger partial charge in [0.05, 0.1) is 6.20 Å². The third-order valence-electron chi connectivity index (χ3n) is 4.75. The Morgan fingerprint density at radius 1 is 1.15 bits per heavy atom. The number of carbonyl (C=O) groups excluding carboxylic acids is 2. The maximum Gasteiger partial charge on any atom is 0.298 e. The largest absolute Gasteiger partial charge is 0.347 e. The molecule has 2 aliphatic rings. The molecule has 2 amide bonds. The molecule has 26 heavy (non-hydrogen) atoms. The van der Waals surface area contributed by atoms with E-state index in [9.17, 15) is 9.59 Å². The highest BCUT2D eigenvalue weighted by molar-refractivity contribution is 5.95. The molecule has 0 bridgehead atoms. The molecule has 2 N–H and O–H groups in total. The number of nitrogens with zero attached hydrogens (tertiary/aromatic N) is 2. The highest BCUT2D eigenvalue weighted by atomic mass is 16.2. The van der Waals surface area contributed by atoms with Crippen LogP contribution in [0.5, 0.6) is 0 Å². The van der Waals surface area contributed by atoms with Gasteiger partial charge in [-0.2, -0.15) is 5.10 Å². The number of carbonyl (C=O) groups is 2. The van der Waals surface area contributed by atoms with Gasteiger partial charge in [-0.15, -0.1) is 0 Å². The molecule has 1 saturated heterocycles. The predicted molar refractivity (Wildman–Crippen MR) is 97.0 cm³/mol. The Balaban J connectivity index is 1.32. The predicted octanol–water partition coefficient (Wildman–Crippen LogP) is 1.82. The molecule has 1 aliphatic heterocycles. The first kappa shape index (κ1) is 16.4. The van der Waals surface area contributed by atoms with Crippen LogP contribution >= 0.6 is 0 Å². The van der Waals surface area contributed by atoms with Gasteiger partial charge < -0.3 is 10.2 Å². The van der Waals surface area contributed by atoms with E-state index in [1.165, 1.54) is 0 Å². The lowest BCUT2D eigenvalue weighted by Crippen LogP contribution is -2.38. The maximum atomic E-state index is 12.4. The number of rotatable bonds is 3. The van der Waals surface area contributed by atoms with Crippen molar-refractivity contribution in [1.82, 2.24) is 20.4 Å². The Bertz CT molecular complexity index is 857. The summed E-state index contributed by atoms with van der Waals surface area (Å²) < 4.78 is 0. The van der Waals surface area contributed by atoms with Crippen LogP contribution in [0.1, 0.15) is 29.6 Å². The molecule has 0 unspecified atom stereocenters. The number of aromatic amines is 1. The average molecular weight is 348 g/mol. The molecule has 0 spiro atoms. The van der Waals surface area contributed by atoms with E-state index < -0.39 is 0 Å². The molecule has 2 fully saturated rings. The van der Waals surface area contributed by atoms with E-state index in [0.29, 0.717) is 24.6 Å². The topological polar surface area (TPSA) is 78.1 Å². The Kier molecular flexibility index (Phi) is 4.44. The lowest BCUT2D eigenvalue weighted by atomic mass is 10.1. The zero-order valence-electron chi connectivity index (χ0n) is 14.4. The van der Waals surface area contributed by atoms with Crippen LogP contribution < -0.4 is 5.32 Å². The van der Waals surface area contributed by atoms with Gasteiger partial charge in [-0.05, 0) is 42.9 Å². The molecule has 4 rings (SSSR count). The van der Waals surface area contributed by atoms with Crippen molar-refractivity contribution >= 4 is 11.8 Å². The van der Waals surface area contributed by atoms with Gasteiger partial charge in [-0.1, -0.05) is 18.1 Å². The van der Waals surface area contributed by atoms with E-state index in [-0.39, 0.29) is 17.9 Å². The van der Waals surface area contributed by atoms with E-state index in [0.717, 1.165) is 30.4 Å². The lowest BCUT2D eigenvalue weighted by Gasteiger charge is -2.14. The van der Waals surface area contributed by atoms with Crippen molar-refractivity contribution < 1.29 is 9.59 Å². The van der Waals surface area contributed by atoms with Crippen molar-refractivity contribution in [3.05, 3.63) is 42.2 Å².